The van der Waals surface area contributed by atoms with Crippen molar-refractivity contribution < 1.29 is 19.2 Å². The number of carbonyl (C=O) groups is 2. The predicted octanol–water partition coefficient (Wildman–Crippen LogP) is 0.118. The van der Waals surface area contributed by atoms with Gasteiger partial charge in [0.1, 0.15) is 0 Å². The van der Waals surface area contributed by atoms with E-state index in [1.54, 1.807) is 7.05 Å². The number of hydrogen-bond donors (Lipinski definition) is 2. The van der Waals surface area contributed by atoms with Crippen molar-refractivity contribution >= 4 is 12.0 Å². The van der Waals surface area contributed by atoms with E-state index in [1.165, 1.54) is 11.2 Å². The zero-order valence-corrected chi connectivity index (χ0v) is 10.1. The van der Waals surface area contributed by atoms with Crippen LogP contribution in [0.1, 0.15) is 18.7 Å². The summed E-state index contributed by atoms with van der Waals surface area (Å²) >= 11 is 0. The molecule has 0 spiro atoms. The first-order valence-electron chi connectivity index (χ1n) is 5.56. The van der Waals surface area contributed by atoms with Gasteiger partial charge in [0.25, 0.3) is 0 Å². The fourth-order valence-electron chi connectivity index (χ4n) is 1.29. The van der Waals surface area contributed by atoms with Crippen molar-refractivity contribution in [1.29, 1.82) is 0 Å². The van der Waals surface area contributed by atoms with Crippen molar-refractivity contribution in [3.8, 4) is 0 Å². The molecule has 100 valence electrons. The van der Waals surface area contributed by atoms with Crippen molar-refractivity contribution in [2.75, 3.05) is 20.1 Å². The summed E-state index contributed by atoms with van der Waals surface area (Å²) in [4.78, 5) is 27.1. The molecule has 0 aliphatic heterocycles. The molecule has 0 saturated carbocycles. The summed E-state index contributed by atoms with van der Waals surface area (Å²) < 4.78 is 4.78. The zero-order valence-electron chi connectivity index (χ0n) is 10.1. The molecule has 8 nitrogen and oxygen atoms in total. The zero-order chi connectivity index (χ0) is 13.4. The Hall–Kier alpha value is -2.12. The minimum atomic E-state index is -0.861. The normalized spacial score (nSPS) is 10.1. The lowest BCUT2D eigenvalue weighted by molar-refractivity contribution is -0.137. The van der Waals surface area contributed by atoms with Crippen LogP contribution in [0.2, 0.25) is 0 Å². The number of carboxylic acids is 1. The standard InChI is InChI=1S/C10H16N4O4/c1-14(6-2-3-9(15)16)10(17)11-5-4-8-12-7-13-18-8/h7H,2-6H2,1H3,(H,11,17)(H,15,16). The SMILES string of the molecule is CN(CCCC(=O)O)C(=O)NCCc1ncno1. The molecule has 1 aromatic rings. The van der Waals surface area contributed by atoms with Gasteiger partial charge < -0.3 is 19.8 Å². The van der Waals surface area contributed by atoms with Gasteiger partial charge in [0, 0.05) is 33.0 Å². The molecule has 0 aliphatic rings. The molecule has 0 bridgehead atoms. The Labute approximate surface area is 104 Å². The maximum atomic E-state index is 11.5. The highest BCUT2D eigenvalue weighted by atomic mass is 16.5. The van der Waals surface area contributed by atoms with Gasteiger partial charge >= 0.3 is 12.0 Å². The summed E-state index contributed by atoms with van der Waals surface area (Å²) in [6.45, 7) is 0.795. The lowest BCUT2D eigenvalue weighted by atomic mass is 10.3. The highest BCUT2D eigenvalue weighted by Crippen LogP contribution is 1.95. The van der Waals surface area contributed by atoms with E-state index in [9.17, 15) is 9.59 Å². The van der Waals surface area contributed by atoms with Gasteiger partial charge in [-0.25, -0.2) is 4.79 Å². The first-order valence-corrected chi connectivity index (χ1v) is 5.56. The molecular formula is C10H16N4O4. The van der Waals surface area contributed by atoms with Crippen molar-refractivity contribution in [2.45, 2.75) is 19.3 Å². The van der Waals surface area contributed by atoms with Crippen molar-refractivity contribution in [3.05, 3.63) is 12.2 Å². The second kappa shape index (κ2) is 7.25. The number of nitrogens with one attached hydrogen (secondary N) is 1. The lowest BCUT2D eigenvalue weighted by Crippen LogP contribution is -2.38. The molecule has 0 saturated heterocycles. The Morgan fingerprint density at radius 2 is 2.33 bits per heavy atom. The first-order chi connectivity index (χ1) is 8.59. The van der Waals surface area contributed by atoms with Crippen LogP contribution in [0.15, 0.2) is 10.9 Å². The van der Waals surface area contributed by atoms with Crippen LogP contribution in [0, 0.1) is 0 Å². The summed E-state index contributed by atoms with van der Waals surface area (Å²) in [6, 6.07) is -0.250. The number of hydrogen-bond acceptors (Lipinski definition) is 5. The molecule has 0 radical (unpaired) electrons. The lowest BCUT2D eigenvalue weighted by Gasteiger charge is -2.16. The van der Waals surface area contributed by atoms with Crippen molar-refractivity contribution in [2.24, 2.45) is 0 Å². The number of rotatable bonds is 7. The highest BCUT2D eigenvalue weighted by molar-refractivity contribution is 5.73. The molecule has 0 unspecified atom stereocenters. The minimum absolute atomic E-state index is 0.0552. The summed E-state index contributed by atoms with van der Waals surface area (Å²) in [5, 5.41) is 14.6. The number of aliphatic carboxylic acids is 1. The molecular weight excluding hydrogens is 240 g/mol. The van der Waals surface area contributed by atoms with Crippen LogP contribution in [-0.2, 0) is 11.2 Å². The molecule has 0 fully saturated rings. The van der Waals surface area contributed by atoms with Crippen LogP contribution < -0.4 is 5.32 Å². The number of amides is 2. The van der Waals surface area contributed by atoms with Crippen LogP contribution >= 0.6 is 0 Å². The van der Waals surface area contributed by atoms with Gasteiger partial charge in [0.05, 0.1) is 0 Å². The summed E-state index contributed by atoms with van der Waals surface area (Å²) in [6.07, 6.45) is 2.26. The predicted molar refractivity (Wildman–Crippen MR) is 60.9 cm³/mol. The van der Waals surface area contributed by atoms with E-state index < -0.39 is 5.97 Å². The van der Waals surface area contributed by atoms with Crippen molar-refractivity contribution in [1.82, 2.24) is 20.4 Å². The fourth-order valence-corrected chi connectivity index (χ4v) is 1.29. The van der Waals surface area contributed by atoms with E-state index >= 15 is 0 Å². The second-order valence-corrected chi connectivity index (χ2v) is 3.74. The van der Waals surface area contributed by atoms with Gasteiger partial charge in [-0.05, 0) is 6.42 Å². The molecule has 1 heterocycles. The van der Waals surface area contributed by atoms with Crippen LogP contribution in [0.25, 0.3) is 0 Å². The Morgan fingerprint density at radius 1 is 1.56 bits per heavy atom. The van der Waals surface area contributed by atoms with E-state index in [0.717, 1.165) is 0 Å². The molecule has 0 aliphatic carbocycles. The third kappa shape index (κ3) is 5.28. The average molecular weight is 256 g/mol. The smallest absolute Gasteiger partial charge is 0.317 e. The van der Waals surface area contributed by atoms with E-state index in [0.29, 0.717) is 31.8 Å². The van der Waals surface area contributed by atoms with Crippen LogP contribution in [0.3, 0.4) is 0 Å². The topological polar surface area (TPSA) is 109 Å². The Morgan fingerprint density at radius 3 is 2.94 bits per heavy atom. The van der Waals surface area contributed by atoms with E-state index in [1.807, 2.05) is 0 Å². The largest absolute Gasteiger partial charge is 0.481 e. The number of aromatic nitrogens is 2. The minimum Gasteiger partial charge on any atom is -0.481 e. The number of carbonyl (C=O) groups excluding carboxylic acids is 1. The number of nitrogens with zero attached hydrogens (tertiary/aromatic N) is 3. The first kappa shape index (κ1) is 13.9. The van der Waals surface area contributed by atoms with Gasteiger partial charge in [-0.3, -0.25) is 4.79 Å². The van der Waals surface area contributed by atoms with Gasteiger partial charge in [-0.15, -0.1) is 0 Å². The molecule has 1 aromatic heterocycles. The molecule has 2 N–H and O–H groups in total. The van der Waals surface area contributed by atoms with E-state index in [-0.39, 0.29) is 12.5 Å². The number of urea groups is 1. The molecule has 2 amide bonds. The van der Waals surface area contributed by atoms with Gasteiger partial charge in [0.2, 0.25) is 5.89 Å². The Kier molecular flexibility index (Phi) is 5.62. The monoisotopic (exact) mass is 256 g/mol. The van der Waals surface area contributed by atoms with E-state index in [2.05, 4.69) is 15.5 Å². The summed E-state index contributed by atoms with van der Waals surface area (Å²) in [7, 11) is 1.61. The molecule has 8 heteroatoms. The second-order valence-electron chi connectivity index (χ2n) is 3.74. The molecule has 18 heavy (non-hydrogen) atoms. The van der Waals surface area contributed by atoms with E-state index in [4.69, 9.17) is 9.63 Å². The van der Waals surface area contributed by atoms with Crippen molar-refractivity contribution in [3.63, 3.8) is 0 Å². The Balaban J connectivity index is 2.13. The molecule has 0 aromatic carbocycles. The van der Waals surface area contributed by atoms with Gasteiger partial charge in [0.15, 0.2) is 6.33 Å². The fraction of sp³-hybridized carbons (Fsp3) is 0.600. The summed E-state index contributed by atoms with van der Waals surface area (Å²) in [5.74, 6) is -0.399. The molecule has 1 rings (SSSR count). The highest BCUT2D eigenvalue weighted by Gasteiger charge is 2.08. The third-order valence-electron chi connectivity index (χ3n) is 2.25. The maximum Gasteiger partial charge on any atom is 0.317 e. The average Bonchev–Trinajstić information content (AvgIpc) is 2.81. The third-order valence-corrected chi connectivity index (χ3v) is 2.25. The Bertz CT molecular complexity index is 379. The molecule has 0 atom stereocenters. The van der Waals surface area contributed by atoms with Gasteiger partial charge in [-0.1, -0.05) is 5.16 Å². The van der Waals surface area contributed by atoms with Crippen LogP contribution in [0.4, 0.5) is 4.79 Å². The quantitative estimate of drug-likeness (QED) is 0.717. The van der Waals surface area contributed by atoms with Crippen LogP contribution in [-0.4, -0.2) is 52.3 Å². The maximum absolute atomic E-state index is 11.5. The summed E-state index contributed by atoms with van der Waals surface area (Å²) in [5.41, 5.74) is 0. The van der Waals surface area contributed by atoms with Crippen LogP contribution in [0.5, 0.6) is 0 Å². The number of carboxylic acid groups (broad SMARTS) is 1. The van der Waals surface area contributed by atoms with Gasteiger partial charge in [-0.2, -0.15) is 4.98 Å².